The standard InChI is InChI=1S/C18H20ClNO2S/c1-20(11-14-6-8-17(22-2)9-7-14)18(21)13-23-12-15-4-3-5-16(19)10-15/h3-10H,11-13H2,1-2H3. The van der Waals surface area contributed by atoms with Crippen LogP contribution in [0.3, 0.4) is 0 Å². The van der Waals surface area contributed by atoms with Crippen LogP contribution in [0.25, 0.3) is 0 Å². The third kappa shape index (κ3) is 5.81. The Morgan fingerprint density at radius 3 is 2.57 bits per heavy atom. The summed E-state index contributed by atoms with van der Waals surface area (Å²) in [4.78, 5) is 13.9. The van der Waals surface area contributed by atoms with E-state index in [1.54, 1.807) is 23.8 Å². The van der Waals surface area contributed by atoms with Gasteiger partial charge in [0.15, 0.2) is 0 Å². The number of nitrogens with zero attached hydrogens (tertiary/aromatic N) is 1. The Morgan fingerprint density at radius 2 is 1.91 bits per heavy atom. The van der Waals surface area contributed by atoms with Crippen molar-refractivity contribution < 1.29 is 9.53 Å². The lowest BCUT2D eigenvalue weighted by Crippen LogP contribution is -2.27. The van der Waals surface area contributed by atoms with E-state index in [9.17, 15) is 4.79 Å². The lowest BCUT2D eigenvalue weighted by atomic mass is 10.2. The quantitative estimate of drug-likeness (QED) is 0.748. The van der Waals surface area contributed by atoms with Crippen molar-refractivity contribution in [3.8, 4) is 5.75 Å². The van der Waals surface area contributed by atoms with Gasteiger partial charge in [-0.15, -0.1) is 11.8 Å². The molecular formula is C18H20ClNO2S. The van der Waals surface area contributed by atoms with Crippen molar-refractivity contribution in [2.45, 2.75) is 12.3 Å². The van der Waals surface area contributed by atoms with Crippen molar-refractivity contribution in [2.75, 3.05) is 19.9 Å². The first-order valence-corrected chi connectivity index (χ1v) is 8.81. The van der Waals surface area contributed by atoms with E-state index in [4.69, 9.17) is 16.3 Å². The normalized spacial score (nSPS) is 10.4. The molecule has 0 unspecified atom stereocenters. The smallest absolute Gasteiger partial charge is 0.232 e. The van der Waals surface area contributed by atoms with Gasteiger partial charge in [0.25, 0.3) is 0 Å². The van der Waals surface area contributed by atoms with Crippen molar-refractivity contribution in [1.82, 2.24) is 4.90 Å². The van der Waals surface area contributed by atoms with E-state index in [-0.39, 0.29) is 5.91 Å². The molecular weight excluding hydrogens is 330 g/mol. The number of hydrogen-bond acceptors (Lipinski definition) is 3. The molecule has 3 nitrogen and oxygen atoms in total. The fourth-order valence-corrected chi connectivity index (χ4v) is 3.21. The van der Waals surface area contributed by atoms with Crippen LogP contribution < -0.4 is 4.74 Å². The van der Waals surface area contributed by atoms with Gasteiger partial charge in [-0.2, -0.15) is 0 Å². The molecule has 0 radical (unpaired) electrons. The molecule has 0 aromatic heterocycles. The number of methoxy groups -OCH3 is 1. The molecule has 23 heavy (non-hydrogen) atoms. The largest absolute Gasteiger partial charge is 0.497 e. The van der Waals surface area contributed by atoms with Gasteiger partial charge >= 0.3 is 0 Å². The summed E-state index contributed by atoms with van der Waals surface area (Å²) in [6.45, 7) is 0.598. The molecule has 0 fully saturated rings. The second-order valence-corrected chi connectivity index (χ2v) is 6.64. The Hall–Kier alpha value is -1.65. The van der Waals surface area contributed by atoms with E-state index in [1.807, 2.05) is 55.6 Å². The van der Waals surface area contributed by atoms with Crippen molar-refractivity contribution in [3.05, 3.63) is 64.7 Å². The molecule has 0 saturated heterocycles. The van der Waals surface area contributed by atoms with E-state index >= 15 is 0 Å². The number of halogens is 1. The maximum Gasteiger partial charge on any atom is 0.232 e. The minimum Gasteiger partial charge on any atom is -0.497 e. The predicted octanol–water partition coefficient (Wildman–Crippen LogP) is 4.24. The molecule has 0 atom stereocenters. The number of thioether (sulfide) groups is 1. The molecule has 5 heteroatoms. The number of rotatable bonds is 7. The third-order valence-electron chi connectivity index (χ3n) is 3.39. The predicted molar refractivity (Wildman–Crippen MR) is 97.1 cm³/mol. The molecule has 0 bridgehead atoms. The summed E-state index contributed by atoms with van der Waals surface area (Å²) in [6.07, 6.45) is 0. The Bertz CT molecular complexity index is 646. The number of carbonyl (C=O) groups is 1. The molecule has 0 aliphatic rings. The zero-order valence-corrected chi connectivity index (χ0v) is 14.9. The molecule has 0 aliphatic heterocycles. The summed E-state index contributed by atoms with van der Waals surface area (Å²) in [5.41, 5.74) is 2.22. The number of amides is 1. The van der Waals surface area contributed by atoms with Crippen LogP contribution in [0.5, 0.6) is 5.75 Å². The summed E-state index contributed by atoms with van der Waals surface area (Å²) < 4.78 is 5.13. The van der Waals surface area contributed by atoms with Crippen molar-refractivity contribution >= 4 is 29.3 Å². The minimum atomic E-state index is 0.118. The summed E-state index contributed by atoms with van der Waals surface area (Å²) in [5, 5.41) is 0.728. The maximum atomic E-state index is 12.2. The van der Waals surface area contributed by atoms with E-state index < -0.39 is 0 Å². The Morgan fingerprint density at radius 1 is 1.17 bits per heavy atom. The number of carbonyl (C=O) groups excluding carboxylic acids is 1. The summed E-state index contributed by atoms with van der Waals surface area (Å²) in [7, 11) is 3.47. The molecule has 0 spiro atoms. The third-order valence-corrected chi connectivity index (χ3v) is 4.61. The van der Waals surface area contributed by atoms with Gasteiger partial charge in [0.05, 0.1) is 12.9 Å². The number of ether oxygens (including phenoxy) is 1. The first-order valence-electron chi connectivity index (χ1n) is 7.27. The Labute approximate surface area is 146 Å². The van der Waals surface area contributed by atoms with Crippen molar-refractivity contribution in [2.24, 2.45) is 0 Å². The van der Waals surface area contributed by atoms with Crippen LogP contribution in [-0.2, 0) is 17.1 Å². The van der Waals surface area contributed by atoms with Gasteiger partial charge in [-0.25, -0.2) is 0 Å². The van der Waals surface area contributed by atoms with Gasteiger partial charge in [0, 0.05) is 24.4 Å². The molecule has 0 aliphatic carbocycles. The molecule has 0 saturated carbocycles. The Balaban J connectivity index is 1.78. The Kier molecular flexibility index (Phi) is 6.81. The van der Waals surface area contributed by atoms with E-state index in [1.165, 1.54) is 0 Å². The lowest BCUT2D eigenvalue weighted by molar-refractivity contribution is -0.127. The first kappa shape index (κ1) is 17.7. The lowest BCUT2D eigenvalue weighted by Gasteiger charge is -2.17. The van der Waals surface area contributed by atoms with Gasteiger partial charge in [0.2, 0.25) is 5.91 Å². The first-order chi connectivity index (χ1) is 11.1. The van der Waals surface area contributed by atoms with Crippen LogP contribution in [0, 0.1) is 0 Å². The van der Waals surface area contributed by atoms with Gasteiger partial charge in [-0.3, -0.25) is 4.79 Å². The van der Waals surface area contributed by atoms with Gasteiger partial charge in [-0.1, -0.05) is 35.9 Å². The molecule has 0 N–H and O–H groups in total. The highest BCUT2D eigenvalue weighted by Crippen LogP contribution is 2.17. The van der Waals surface area contributed by atoms with Crippen LogP contribution >= 0.6 is 23.4 Å². The molecule has 0 heterocycles. The van der Waals surface area contributed by atoms with Crippen molar-refractivity contribution in [1.29, 1.82) is 0 Å². The van der Waals surface area contributed by atoms with Gasteiger partial charge < -0.3 is 9.64 Å². The average Bonchev–Trinajstić information content (AvgIpc) is 2.55. The molecule has 2 aromatic rings. The molecule has 2 rings (SSSR count). The highest BCUT2D eigenvalue weighted by molar-refractivity contribution is 7.99. The summed E-state index contributed by atoms with van der Waals surface area (Å²) >= 11 is 7.55. The van der Waals surface area contributed by atoms with Crippen LogP contribution in [0.4, 0.5) is 0 Å². The molecule has 2 aromatic carbocycles. The van der Waals surface area contributed by atoms with Crippen LogP contribution in [0.1, 0.15) is 11.1 Å². The van der Waals surface area contributed by atoms with E-state index in [0.717, 1.165) is 27.7 Å². The van der Waals surface area contributed by atoms with Crippen LogP contribution in [-0.4, -0.2) is 30.7 Å². The van der Waals surface area contributed by atoms with Crippen LogP contribution in [0.15, 0.2) is 48.5 Å². The average molecular weight is 350 g/mol. The zero-order valence-electron chi connectivity index (χ0n) is 13.3. The monoisotopic (exact) mass is 349 g/mol. The van der Waals surface area contributed by atoms with Gasteiger partial charge in [-0.05, 0) is 35.4 Å². The minimum absolute atomic E-state index is 0.118. The fraction of sp³-hybridized carbons (Fsp3) is 0.278. The highest BCUT2D eigenvalue weighted by atomic mass is 35.5. The second-order valence-electron chi connectivity index (χ2n) is 5.22. The second kappa shape index (κ2) is 8.85. The number of benzene rings is 2. The summed E-state index contributed by atoms with van der Waals surface area (Å²) in [6, 6.07) is 15.5. The van der Waals surface area contributed by atoms with E-state index in [2.05, 4.69) is 0 Å². The SMILES string of the molecule is COc1ccc(CN(C)C(=O)CSCc2cccc(Cl)c2)cc1. The summed E-state index contributed by atoms with van der Waals surface area (Å²) in [5.74, 6) is 2.18. The number of hydrogen-bond donors (Lipinski definition) is 0. The van der Waals surface area contributed by atoms with Crippen LogP contribution in [0.2, 0.25) is 5.02 Å². The molecule has 1 amide bonds. The van der Waals surface area contributed by atoms with Gasteiger partial charge in [0.1, 0.15) is 5.75 Å². The van der Waals surface area contributed by atoms with Crippen molar-refractivity contribution in [3.63, 3.8) is 0 Å². The molecule has 122 valence electrons. The zero-order chi connectivity index (χ0) is 16.7. The van der Waals surface area contributed by atoms with E-state index in [0.29, 0.717) is 12.3 Å². The fourth-order valence-electron chi connectivity index (χ4n) is 2.09. The maximum absolute atomic E-state index is 12.2. The highest BCUT2D eigenvalue weighted by Gasteiger charge is 2.09. The topological polar surface area (TPSA) is 29.5 Å².